The Morgan fingerprint density at radius 1 is 1.33 bits per heavy atom. The molecule has 0 aromatic rings. The molecule has 0 fully saturated rings. The van der Waals surface area contributed by atoms with Gasteiger partial charge < -0.3 is 4.74 Å². The van der Waals surface area contributed by atoms with Crippen LogP contribution in [0.2, 0.25) is 0 Å². The van der Waals surface area contributed by atoms with Crippen molar-refractivity contribution in [2.24, 2.45) is 0 Å². The third-order valence-corrected chi connectivity index (χ3v) is 2.43. The molecule has 0 saturated heterocycles. The maximum atomic E-state index is 10.9. The van der Waals surface area contributed by atoms with Crippen LogP contribution in [-0.2, 0) is 9.53 Å². The van der Waals surface area contributed by atoms with Crippen molar-refractivity contribution in [2.45, 2.75) is 46.5 Å². The molecule has 2 nitrogen and oxygen atoms in total. The second-order valence-electron chi connectivity index (χ2n) is 3.76. The molecule has 0 N–H and O–H groups in total. The summed E-state index contributed by atoms with van der Waals surface area (Å²) >= 11 is 0. The van der Waals surface area contributed by atoms with Crippen LogP contribution in [0.5, 0.6) is 0 Å². The van der Waals surface area contributed by atoms with Gasteiger partial charge in [-0.1, -0.05) is 18.6 Å². The van der Waals surface area contributed by atoms with Gasteiger partial charge in [0.1, 0.15) is 6.61 Å². The van der Waals surface area contributed by atoms with Crippen molar-refractivity contribution in [2.75, 3.05) is 6.61 Å². The Bertz CT molecular complexity index is 239. The number of ether oxygens (including phenoxy) is 1. The van der Waals surface area contributed by atoms with Gasteiger partial charge in [-0.3, -0.25) is 4.79 Å². The number of hydrogen-bond acceptors (Lipinski definition) is 2. The molecular weight excluding hydrogens is 188 g/mol. The molecule has 0 aliphatic rings. The monoisotopic (exact) mass is 210 g/mol. The lowest BCUT2D eigenvalue weighted by Crippen LogP contribution is -2.05. The van der Waals surface area contributed by atoms with E-state index in [-0.39, 0.29) is 5.97 Å². The molecule has 0 aromatic heterocycles. The van der Waals surface area contributed by atoms with Gasteiger partial charge in [0.15, 0.2) is 0 Å². The third kappa shape index (κ3) is 6.95. The smallest absolute Gasteiger partial charge is 0.305 e. The number of carbonyl (C=O) groups is 1. The summed E-state index contributed by atoms with van der Waals surface area (Å²) in [6.07, 6.45) is 5.60. The zero-order valence-corrected chi connectivity index (χ0v) is 10.1. The number of hydrogen-bond donors (Lipinski definition) is 0. The first-order valence-electron chi connectivity index (χ1n) is 5.53. The minimum Gasteiger partial charge on any atom is -0.461 e. The van der Waals surface area contributed by atoms with E-state index in [1.54, 1.807) is 6.92 Å². The van der Waals surface area contributed by atoms with Crippen LogP contribution in [0.3, 0.4) is 0 Å². The van der Waals surface area contributed by atoms with E-state index in [1.165, 1.54) is 11.1 Å². The SMILES string of the molecule is C=CCCC/C(C)=C(\C)COC(=O)CC. The predicted octanol–water partition coefficient (Wildman–Crippen LogP) is 3.63. The summed E-state index contributed by atoms with van der Waals surface area (Å²) in [6.45, 7) is 10.0. The van der Waals surface area contributed by atoms with E-state index in [0.29, 0.717) is 13.0 Å². The average Bonchev–Trinajstić information content (AvgIpc) is 2.25. The van der Waals surface area contributed by atoms with Crippen LogP contribution in [0.4, 0.5) is 0 Å². The van der Waals surface area contributed by atoms with Crippen LogP contribution >= 0.6 is 0 Å². The molecule has 0 bridgehead atoms. The summed E-state index contributed by atoms with van der Waals surface area (Å²) in [6, 6.07) is 0. The topological polar surface area (TPSA) is 26.3 Å². The van der Waals surface area contributed by atoms with Gasteiger partial charge in [0.25, 0.3) is 0 Å². The Kier molecular flexibility index (Phi) is 7.69. The first-order valence-corrected chi connectivity index (χ1v) is 5.53. The lowest BCUT2D eigenvalue weighted by atomic mass is 10.1. The van der Waals surface area contributed by atoms with Crippen molar-refractivity contribution < 1.29 is 9.53 Å². The van der Waals surface area contributed by atoms with E-state index in [0.717, 1.165) is 19.3 Å². The summed E-state index contributed by atoms with van der Waals surface area (Å²) < 4.78 is 5.06. The van der Waals surface area contributed by atoms with Crippen molar-refractivity contribution in [1.29, 1.82) is 0 Å². The molecule has 0 spiro atoms. The lowest BCUT2D eigenvalue weighted by Gasteiger charge is -2.08. The van der Waals surface area contributed by atoms with E-state index in [2.05, 4.69) is 13.5 Å². The maximum absolute atomic E-state index is 10.9. The second-order valence-corrected chi connectivity index (χ2v) is 3.76. The molecule has 0 unspecified atom stereocenters. The van der Waals surface area contributed by atoms with E-state index < -0.39 is 0 Å². The van der Waals surface area contributed by atoms with E-state index in [1.807, 2.05) is 13.0 Å². The van der Waals surface area contributed by atoms with Crippen LogP contribution in [0.1, 0.15) is 46.5 Å². The zero-order valence-electron chi connectivity index (χ0n) is 10.1. The third-order valence-electron chi connectivity index (χ3n) is 2.43. The molecule has 86 valence electrons. The van der Waals surface area contributed by atoms with Crippen molar-refractivity contribution in [1.82, 2.24) is 0 Å². The molecule has 0 aliphatic carbocycles. The molecule has 0 aliphatic heterocycles. The summed E-state index contributed by atoms with van der Waals surface area (Å²) in [5, 5.41) is 0. The van der Waals surface area contributed by atoms with Gasteiger partial charge in [0.2, 0.25) is 0 Å². The molecular formula is C13H22O2. The van der Waals surface area contributed by atoms with Gasteiger partial charge in [0.05, 0.1) is 0 Å². The molecule has 15 heavy (non-hydrogen) atoms. The number of esters is 1. The highest BCUT2D eigenvalue weighted by Gasteiger charge is 2.01. The zero-order chi connectivity index (χ0) is 11.7. The number of unbranched alkanes of at least 4 members (excludes halogenated alkanes) is 1. The van der Waals surface area contributed by atoms with Gasteiger partial charge >= 0.3 is 5.97 Å². The molecule has 0 amide bonds. The minimum atomic E-state index is -0.131. The summed E-state index contributed by atoms with van der Waals surface area (Å²) in [5.74, 6) is -0.131. The second kappa shape index (κ2) is 8.27. The van der Waals surface area contributed by atoms with E-state index >= 15 is 0 Å². The van der Waals surface area contributed by atoms with E-state index in [4.69, 9.17) is 4.74 Å². The highest BCUT2D eigenvalue weighted by Crippen LogP contribution is 2.12. The van der Waals surface area contributed by atoms with Crippen LogP contribution < -0.4 is 0 Å². The van der Waals surface area contributed by atoms with Gasteiger partial charge in [-0.05, 0) is 38.7 Å². The Morgan fingerprint density at radius 3 is 2.53 bits per heavy atom. The number of rotatable bonds is 7. The van der Waals surface area contributed by atoms with Gasteiger partial charge in [-0.2, -0.15) is 0 Å². The number of allylic oxidation sites excluding steroid dienone is 2. The molecule has 0 saturated carbocycles. The largest absolute Gasteiger partial charge is 0.461 e. The molecule has 0 radical (unpaired) electrons. The van der Waals surface area contributed by atoms with Gasteiger partial charge in [-0.25, -0.2) is 0 Å². The maximum Gasteiger partial charge on any atom is 0.305 e. The van der Waals surface area contributed by atoms with Crippen LogP contribution in [0, 0.1) is 0 Å². The minimum absolute atomic E-state index is 0.131. The summed E-state index contributed by atoms with van der Waals surface area (Å²) in [5.41, 5.74) is 2.49. The van der Waals surface area contributed by atoms with Crippen LogP contribution in [-0.4, -0.2) is 12.6 Å². The quantitative estimate of drug-likeness (QED) is 0.364. The number of carbonyl (C=O) groups excluding carboxylic acids is 1. The molecule has 0 atom stereocenters. The summed E-state index contributed by atoms with van der Waals surface area (Å²) in [4.78, 5) is 10.9. The van der Waals surface area contributed by atoms with Crippen molar-refractivity contribution >= 4 is 5.97 Å². The fourth-order valence-corrected chi connectivity index (χ4v) is 1.14. The standard InChI is InChI=1S/C13H22O2/c1-5-7-8-9-11(3)12(4)10-15-13(14)6-2/h5H,1,6-10H2,2-4H3/b12-11+. The molecule has 2 heteroatoms. The highest BCUT2D eigenvalue weighted by atomic mass is 16.5. The van der Waals surface area contributed by atoms with Crippen molar-refractivity contribution in [3.8, 4) is 0 Å². The molecule has 0 rings (SSSR count). The Hall–Kier alpha value is -1.05. The molecule has 0 aromatic carbocycles. The normalized spacial score (nSPS) is 11.9. The summed E-state index contributed by atoms with van der Waals surface area (Å²) in [7, 11) is 0. The first-order chi connectivity index (χ1) is 7.11. The first kappa shape index (κ1) is 13.9. The average molecular weight is 210 g/mol. The fourth-order valence-electron chi connectivity index (χ4n) is 1.14. The van der Waals surface area contributed by atoms with Crippen LogP contribution in [0.15, 0.2) is 23.8 Å². The van der Waals surface area contributed by atoms with Crippen molar-refractivity contribution in [3.05, 3.63) is 23.8 Å². The van der Waals surface area contributed by atoms with Crippen LogP contribution in [0.25, 0.3) is 0 Å². The van der Waals surface area contributed by atoms with Crippen molar-refractivity contribution in [3.63, 3.8) is 0 Å². The highest BCUT2D eigenvalue weighted by molar-refractivity contribution is 5.69. The Balaban J connectivity index is 3.91. The Morgan fingerprint density at radius 2 is 2.00 bits per heavy atom. The predicted molar refractivity (Wildman–Crippen MR) is 63.7 cm³/mol. The Labute approximate surface area is 93.0 Å². The lowest BCUT2D eigenvalue weighted by molar-refractivity contribution is -0.142. The molecule has 0 heterocycles. The van der Waals surface area contributed by atoms with E-state index in [9.17, 15) is 4.79 Å². The van der Waals surface area contributed by atoms with Gasteiger partial charge in [0, 0.05) is 6.42 Å². The fraction of sp³-hybridized carbons (Fsp3) is 0.615. The van der Waals surface area contributed by atoms with Gasteiger partial charge in [-0.15, -0.1) is 6.58 Å².